The van der Waals surface area contributed by atoms with Crippen LogP contribution in [0.4, 0.5) is 5.69 Å². The number of hydrogen-bond acceptors (Lipinski definition) is 4. The summed E-state index contributed by atoms with van der Waals surface area (Å²) in [6, 6.07) is 0.363. The van der Waals surface area contributed by atoms with E-state index in [1.807, 2.05) is 27.7 Å². The van der Waals surface area contributed by atoms with Gasteiger partial charge in [0.25, 0.3) is 0 Å². The molecule has 3 saturated heterocycles. The largest absolute Gasteiger partial charge is 0.344 e. The molecule has 118 valence electrons. The highest BCUT2D eigenvalue weighted by molar-refractivity contribution is 5.95. The minimum absolute atomic E-state index is 0.0523. The van der Waals surface area contributed by atoms with Crippen LogP contribution in [0, 0.1) is 0 Å². The number of hydrogen-bond donors (Lipinski definition) is 0. The van der Waals surface area contributed by atoms with Crippen LogP contribution in [0.3, 0.4) is 0 Å². The van der Waals surface area contributed by atoms with Gasteiger partial charge in [0.15, 0.2) is 0 Å². The van der Waals surface area contributed by atoms with E-state index in [1.165, 1.54) is 0 Å². The smallest absolute Gasteiger partial charge is 0.239 e. The SMILES string of the molecule is CN1CCC(N2CC(n3cc(N4CCCC4=O)cn3)C2)C1=O. The second kappa shape index (κ2) is 5.08. The second-order valence-electron chi connectivity index (χ2n) is 6.50. The standard InChI is InChI=1S/C15H21N5O2/c1-17-6-4-13(15(17)22)18-8-12(9-18)20-10-11(7-16-20)19-5-2-3-14(19)21/h7,10,12-13H,2-6,8-9H2,1H3. The summed E-state index contributed by atoms with van der Waals surface area (Å²) in [5.74, 6) is 0.427. The Hall–Kier alpha value is -1.89. The number of aromatic nitrogens is 2. The van der Waals surface area contributed by atoms with Crippen molar-refractivity contribution in [1.29, 1.82) is 0 Å². The summed E-state index contributed by atoms with van der Waals surface area (Å²) >= 11 is 0. The van der Waals surface area contributed by atoms with Crippen molar-refractivity contribution in [1.82, 2.24) is 19.6 Å². The van der Waals surface area contributed by atoms with Gasteiger partial charge < -0.3 is 9.80 Å². The highest BCUT2D eigenvalue weighted by atomic mass is 16.2. The van der Waals surface area contributed by atoms with Gasteiger partial charge in [-0.05, 0) is 12.8 Å². The Balaban J connectivity index is 1.38. The number of likely N-dealkylation sites (N-methyl/N-ethyl adjacent to an activating group) is 1. The van der Waals surface area contributed by atoms with Crippen LogP contribution in [0.5, 0.6) is 0 Å². The van der Waals surface area contributed by atoms with E-state index in [4.69, 9.17) is 0 Å². The minimum Gasteiger partial charge on any atom is -0.344 e. The molecule has 0 spiro atoms. The zero-order valence-corrected chi connectivity index (χ0v) is 12.8. The molecular formula is C15H21N5O2. The molecule has 0 saturated carbocycles. The van der Waals surface area contributed by atoms with E-state index < -0.39 is 0 Å². The summed E-state index contributed by atoms with van der Waals surface area (Å²) in [4.78, 5) is 29.6. The minimum atomic E-state index is 0.0523. The topological polar surface area (TPSA) is 61.7 Å². The van der Waals surface area contributed by atoms with E-state index in [0.29, 0.717) is 12.5 Å². The van der Waals surface area contributed by atoms with Gasteiger partial charge in [-0.3, -0.25) is 19.2 Å². The average molecular weight is 303 g/mol. The van der Waals surface area contributed by atoms with E-state index in [2.05, 4.69) is 10.00 Å². The van der Waals surface area contributed by atoms with E-state index in [1.54, 1.807) is 6.20 Å². The predicted molar refractivity (Wildman–Crippen MR) is 80.5 cm³/mol. The first kappa shape index (κ1) is 13.8. The number of nitrogens with zero attached hydrogens (tertiary/aromatic N) is 5. The Morgan fingerprint density at radius 2 is 2.05 bits per heavy atom. The third kappa shape index (κ3) is 2.11. The van der Waals surface area contributed by atoms with E-state index in [9.17, 15) is 9.59 Å². The lowest BCUT2D eigenvalue weighted by atomic mass is 10.0. The fraction of sp³-hybridized carbons (Fsp3) is 0.667. The van der Waals surface area contributed by atoms with E-state index in [-0.39, 0.29) is 17.9 Å². The molecule has 1 aromatic rings. The number of carbonyl (C=O) groups excluding carboxylic acids is 2. The fourth-order valence-electron chi connectivity index (χ4n) is 3.64. The third-order valence-corrected chi connectivity index (χ3v) is 5.08. The molecule has 1 atom stereocenters. The monoisotopic (exact) mass is 303 g/mol. The molecule has 7 nitrogen and oxygen atoms in total. The molecule has 2 amide bonds. The zero-order valence-electron chi connectivity index (χ0n) is 12.8. The maximum absolute atomic E-state index is 12.0. The number of anilines is 1. The lowest BCUT2D eigenvalue weighted by molar-refractivity contribution is -0.133. The Morgan fingerprint density at radius 3 is 2.68 bits per heavy atom. The van der Waals surface area contributed by atoms with Crippen molar-refractivity contribution in [3.05, 3.63) is 12.4 Å². The normalized spacial score (nSPS) is 27.0. The molecule has 22 heavy (non-hydrogen) atoms. The molecule has 3 aliphatic rings. The molecule has 4 heterocycles. The number of carbonyl (C=O) groups is 2. The van der Waals surface area contributed by atoms with Gasteiger partial charge in [0.05, 0.1) is 24.0 Å². The molecule has 0 bridgehead atoms. The Morgan fingerprint density at radius 1 is 1.23 bits per heavy atom. The molecule has 7 heteroatoms. The third-order valence-electron chi connectivity index (χ3n) is 5.08. The molecule has 0 aromatic carbocycles. The van der Waals surface area contributed by atoms with Crippen LogP contribution in [0.1, 0.15) is 25.3 Å². The van der Waals surface area contributed by atoms with Crippen LogP contribution in [-0.2, 0) is 9.59 Å². The quantitative estimate of drug-likeness (QED) is 0.794. The summed E-state index contributed by atoms with van der Waals surface area (Å²) in [7, 11) is 1.87. The van der Waals surface area contributed by atoms with Gasteiger partial charge in [-0.1, -0.05) is 0 Å². The van der Waals surface area contributed by atoms with Crippen molar-refractivity contribution in [2.45, 2.75) is 31.3 Å². The second-order valence-corrected chi connectivity index (χ2v) is 6.50. The van der Waals surface area contributed by atoms with Crippen LogP contribution in [0.2, 0.25) is 0 Å². The van der Waals surface area contributed by atoms with E-state index >= 15 is 0 Å². The van der Waals surface area contributed by atoms with Crippen molar-refractivity contribution in [2.75, 3.05) is 38.1 Å². The van der Waals surface area contributed by atoms with Crippen molar-refractivity contribution >= 4 is 17.5 Å². The van der Waals surface area contributed by atoms with Crippen LogP contribution < -0.4 is 4.90 Å². The van der Waals surface area contributed by atoms with Crippen molar-refractivity contribution in [2.24, 2.45) is 0 Å². The van der Waals surface area contributed by atoms with Gasteiger partial charge in [0, 0.05) is 45.8 Å². The van der Waals surface area contributed by atoms with Crippen LogP contribution in [0.15, 0.2) is 12.4 Å². The fourth-order valence-corrected chi connectivity index (χ4v) is 3.64. The number of amides is 2. The maximum atomic E-state index is 12.0. The molecule has 1 unspecified atom stereocenters. The summed E-state index contributed by atoms with van der Waals surface area (Å²) in [6.45, 7) is 3.37. The molecule has 1 aromatic heterocycles. The highest BCUT2D eigenvalue weighted by Gasteiger charge is 2.41. The van der Waals surface area contributed by atoms with Crippen molar-refractivity contribution in [3.63, 3.8) is 0 Å². The Kier molecular flexibility index (Phi) is 3.18. The number of likely N-dealkylation sites (tertiary alicyclic amines) is 2. The molecule has 3 aliphatic heterocycles. The van der Waals surface area contributed by atoms with Gasteiger partial charge in [0.1, 0.15) is 0 Å². The van der Waals surface area contributed by atoms with E-state index in [0.717, 1.165) is 44.7 Å². The maximum Gasteiger partial charge on any atom is 0.239 e. The lowest BCUT2D eigenvalue weighted by Gasteiger charge is -2.42. The lowest BCUT2D eigenvalue weighted by Crippen LogP contribution is -2.55. The van der Waals surface area contributed by atoms with Gasteiger partial charge in [-0.15, -0.1) is 0 Å². The van der Waals surface area contributed by atoms with Crippen molar-refractivity contribution < 1.29 is 9.59 Å². The van der Waals surface area contributed by atoms with Gasteiger partial charge >= 0.3 is 0 Å². The molecule has 0 radical (unpaired) electrons. The molecule has 3 fully saturated rings. The molecule has 0 aliphatic carbocycles. The van der Waals surface area contributed by atoms with Crippen LogP contribution in [-0.4, -0.2) is 70.7 Å². The van der Waals surface area contributed by atoms with Gasteiger partial charge in [-0.2, -0.15) is 5.10 Å². The van der Waals surface area contributed by atoms with Crippen LogP contribution >= 0.6 is 0 Å². The summed E-state index contributed by atoms with van der Waals surface area (Å²) < 4.78 is 1.95. The zero-order chi connectivity index (χ0) is 15.3. The summed E-state index contributed by atoms with van der Waals surface area (Å²) in [6.07, 6.45) is 6.24. The van der Waals surface area contributed by atoms with Gasteiger partial charge in [-0.25, -0.2) is 0 Å². The Labute approximate surface area is 129 Å². The summed E-state index contributed by atoms with van der Waals surface area (Å²) in [5.41, 5.74) is 0.901. The summed E-state index contributed by atoms with van der Waals surface area (Å²) in [5, 5.41) is 4.41. The average Bonchev–Trinajstić information content (AvgIpc) is 3.14. The van der Waals surface area contributed by atoms with Crippen molar-refractivity contribution in [3.8, 4) is 0 Å². The molecular weight excluding hydrogens is 282 g/mol. The first-order chi connectivity index (χ1) is 10.6. The molecule has 0 N–H and O–H groups in total. The van der Waals surface area contributed by atoms with Gasteiger partial charge in [0.2, 0.25) is 11.8 Å². The first-order valence-corrected chi connectivity index (χ1v) is 7.97. The number of rotatable bonds is 3. The highest BCUT2D eigenvalue weighted by Crippen LogP contribution is 2.29. The van der Waals surface area contributed by atoms with Crippen LogP contribution in [0.25, 0.3) is 0 Å². The predicted octanol–water partition coefficient (Wildman–Crippen LogP) is 0.0973. The molecule has 4 rings (SSSR count). The first-order valence-electron chi connectivity index (χ1n) is 7.97. The Bertz CT molecular complexity index is 607.